The highest BCUT2D eigenvalue weighted by Gasteiger charge is 2.40. The third-order valence-electron chi connectivity index (χ3n) is 8.14. The summed E-state index contributed by atoms with van der Waals surface area (Å²) in [7, 11) is 2.00. The number of hydrogen-bond acceptors (Lipinski definition) is 7. The predicted molar refractivity (Wildman–Crippen MR) is 161 cm³/mol. The van der Waals surface area contributed by atoms with Gasteiger partial charge in [-0.05, 0) is 50.4 Å². The number of benzene rings is 1. The normalized spacial score (nSPS) is 18.8. The van der Waals surface area contributed by atoms with Crippen LogP contribution in [0.4, 0.5) is 13.2 Å². The summed E-state index contributed by atoms with van der Waals surface area (Å²) in [5.74, 6) is -0.848. The fourth-order valence-electron chi connectivity index (χ4n) is 5.52. The zero-order chi connectivity index (χ0) is 33.1. The molecule has 0 spiro atoms. The number of carbonyl (C=O) groups excluding carboxylic acids is 3. The highest BCUT2D eigenvalue weighted by Crippen LogP contribution is 2.34. The summed E-state index contributed by atoms with van der Waals surface area (Å²) < 4.78 is 52.2. The van der Waals surface area contributed by atoms with Crippen LogP contribution in [0.3, 0.4) is 0 Å². The van der Waals surface area contributed by atoms with Gasteiger partial charge in [-0.1, -0.05) is 34.6 Å². The van der Waals surface area contributed by atoms with Crippen molar-refractivity contribution < 1.29 is 36.7 Å². The van der Waals surface area contributed by atoms with Crippen molar-refractivity contribution in [2.24, 2.45) is 5.92 Å². The summed E-state index contributed by atoms with van der Waals surface area (Å²) in [5, 5.41) is 2.74. The number of alkyl halides is 3. The van der Waals surface area contributed by atoms with Crippen molar-refractivity contribution in [1.82, 2.24) is 25.0 Å². The van der Waals surface area contributed by atoms with Gasteiger partial charge < -0.3 is 29.2 Å². The van der Waals surface area contributed by atoms with Crippen LogP contribution in [-0.4, -0.2) is 89.3 Å². The van der Waals surface area contributed by atoms with Gasteiger partial charge in [-0.3, -0.25) is 14.4 Å². The Balaban J connectivity index is 1.54. The highest BCUT2D eigenvalue weighted by atomic mass is 19.4. The zero-order valence-corrected chi connectivity index (χ0v) is 26.9. The van der Waals surface area contributed by atoms with Crippen molar-refractivity contribution in [3.05, 3.63) is 47.2 Å². The van der Waals surface area contributed by atoms with Gasteiger partial charge in [0.05, 0.1) is 17.3 Å². The number of rotatable bonds is 9. The molecule has 45 heavy (non-hydrogen) atoms. The number of nitrogens with one attached hydrogen (secondary N) is 1. The molecule has 0 bridgehead atoms. The summed E-state index contributed by atoms with van der Waals surface area (Å²) in [5.41, 5.74) is -1.50. The number of hydrogen-bond donors (Lipinski definition) is 1. The lowest BCUT2D eigenvalue weighted by molar-refractivity contribution is -0.145. The smallest absolute Gasteiger partial charge is 0.416 e. The molecule has 3 amide bonds. The van der Waals surface area contributed by atoms with Crippen LogP contribution in [0.2, 0.25) is 0 Å². The third kappa shape index (κ3) is 8.56. The van der Waals surface area contributed by atoms with E-state index in [-0.39, 0.29) is 53.4 Å². The monoisotopic (exact) mass is 635 g/mol. The molecule has 2 saturated heterocycles. The maximum atomic E-state index is 13.9. The van der Waals surface area contributed by atoms with Crippen LogP contribution >= 0.6 is 0 Å². The second-order valence-corrected chi connectivity index (χ2v) is 13.3. The number of halogens is 3. The molecule has 0 saturated carbocycles. The molecule has 0 unspecified atom stereocenters. The van der Waals surface area contributed by atoms with Gasteiger partial charge >= 0.3 is 6.18 Å². The molecule has 1 aromatic heterocycles. The topological polar surface area (TPSA) is 108 Å². The van der Waals surface area contributed by atoms with Crippen LogP contribution in [0, 0.1) is 5.92 Å². The van der Waals surface area contributed by atoms with E-state index in [1.165, 1.54) is 6.20 Å². The van der Waals surface area contributed by atoms with Gasteiger partial charge in [0.25, 0.3) is 5.91 Å². The van der Waals surface area contributed by atoms with Gasteiger partial charge in [0.15, 0.2) is 6.61 Å². The minimum Gasteiger partial charge on any atom is -0.483 e. The van der Waals surface area contributed by atoms with Crippen molar-refractivity contribution in [3.63, 3.8) is 0 Å². The molecule has 0 radical (unpaired) electrons. The SMILES string of the molecule is CC(C)C[C@@H](NC(=O)c1ccc(C(F)(F)F)cc1OCc1ncc(C(C)(C)C)o1)C(=O)N1CCC[C@@H]1C(=O)N1CCN(C)CC1. The Morgan fingerprint density at radius 1 is 1.09 bits per heavy atom. The second-order valence-electron chi connectivity index (χ2n) is 13.3. The Morgan fingerprint density at radius 2 is 1.78 bits per heavy atom. The first kappa shape index (κ1) is 34.3. The molecular weight excluding hydrogens is 591 g/mol. The van der Waals surface area contributed by atoms with E-state index in [2.05, 4.69) is 15.2 Å². The number of ether oxygens (including phenoxy) is 1. The van der Waals surface area contributed by atoms with Crippen LogP contribution in [-0.2, 0) is 27.8 Å². The highest BCUT2D eigenvalue weighted by molar-refractivity contribution is 6.00. The lowest BCUT2D eigenvalue weighted by Crippen LogP contribution is -2.56. The first-order chi connectivity index (χ1) is 21.0. The van der Waals surface area contributed by atoms with Crippen molar-refractivity contribution in [2.45, 2.75) is 84.2 Å². The predicted octanol–water partition coefficient (Wildman–Crippen LogP) is 4.48. The molecule has 248 valence electrons. The largest absolute Gasteiger partial charge is 0.483 e. The first-order valence-electron chi connectivity index (χ1n) is 15.4. The number of nitrogens with zero attached hydrogens (tertiary/aromatic N) is 4. The average Bonchev–Trinajstić information content (AvgIpc) is 3.65. The summed E-state index contributed by atoms with van der Waals surface area (Å²) >= 11 is 0. The molecule has 13 heteroatoms. The fraction of sp³-hybridized carbons (Fsp3) is 0.625. The van der Waals surface area contributed by atoms with E-state index in [1.54, 1.807) is 9.80 Å². The Bertz CT molecular complexity index is 1360. The van der Waals surface area contributed by atoms with E-state index in [0.717, 1.165) is 31.3 Å². The Hall–Kier alpha value is -3.61. The molecule has 3 heterocycles. The Kier molecular flexibility index (Phi) is 10.5. The first-order valence-corrected chi connectivity index (χ1v) is 15.4. The van der Waals surface area contributed by atoms with Crippen LogP contribution in [0.25, 0.3) is 0 Å². The van der Waals surface area contributed by atoms with E-state index in [0.29, 0.717) is 38.2 Å². The minimum absolute atomic E-state index is 0.000925. The van der Waals surface area contributed by atoms with E-state index in [1.807, 2.05) is 41.7 Å². The number of carbonyl (C=O) groups is 3. The Labute approximate surface area is 262 Å². The van der Waals surface area contributed by atoms with Gasteiger partial charge in [0.2, 0.25) is 17.7 Å². The van der Waals surface area contributed by atoms with Crippen molar-refractivity contribution in [2.75, 3.05) is 39.8 Å². The molecule has 0 aliphatic carbocycles. The number of amides is 3. The van der Waals surface area contributed by atoms with Crippen LogP contribution in [0.5, 0.6) is 5.75 Å². The maximum Gasteiger partial charge on any atom is 0.416 e. The maximum absolute atomic E-state index is 13.9. The number of oxazole rings is 1. The molecule has 4 rings (SSSR count). The lowest BCUT2D eigenvalue weighted by Gasteiger charge is -2.36. The van der Waals surface area contributed by atoms with Crippen molar-refractivity contribution in [1.29, 1.82) is 0 Å². The average molecular weight is 636 g/mol. The molecule has 2 aromatic rings. The number of piperazine rings is 1. The van der Waals surface area contributed by atoms with Gasteiger partial charge in [0, 0.05) is 38.1 Å². The number of aromatic nitrogens is 1. The van der Waals surface area contributed by atoms with Gasteiger partial charge in [-0.15, -0.1) is 0 Å². The van der Waals surface area contributed by atoms with E-state index >= 15 is 0 Å². The quantitative estimate of drug-likeness (QED) is 0.433. The molecule has 10 nitrogen and oxygen atoms in total. The van der Waals surface area contributed by atoms with E-state index < -0.39 is 29.7 Å². The minimum atomic E-state index is -4.67. The molecular formula is C32H44F3N5O5. The van der Waals surface area contributed by atoms with Crippen LogP contribution < -0.4 is 10.1 Å². The molecule has 2 atom stereocenters. The van der Waals surface area contributed by atoms with Crippen molar-refractivity contribution >= 4 is 17.7 Å². The molecule has 2 aliphatic heterocycles. The molecule has 2 fully saturated rings. The van der Waals surface area contributed by atoms with Crippen LogP contribution in [0.1, 0.15) is 81.5 Å². The second kappa shape index (κ2) is 13.8. The fourth-order valence-corrected chi connectivity index (χ4v) is 5.52. The van der Waals surface area contributed by atoms with Gasteiger partial charge in [-0.2, -0.15) is 13.2 Å². The summed E-state index contributed by atoms with van der Waals surface area (Å²) in [6, 6.07) is 0.990. The lowest BCUT2D eigenvalue weighted by atomic mass is 9.94. The van der Waals surface area contributed by atoms with Gasteiger partial charge in [0.1, 0.15) is 23.6 Å². The summed E-state index contributed by atoms with van der Waals surface area (Å²) in [6.45, 7) is 12.3. The van der Waals surface area contributed by atoms with Gasteiger partial charge in [-0.25, -0.2) is 4.98 Å². The number of likely N-dealkylation sites (tertiary alicyclic amines) is 1. The zero-order valence-electron chi connectivity index (χ0n) is 26.9. The Morgan fingerprint density at radius 3 is 2.38 bits per heavy atom. The molecule has 1 N–H and O–H groups in total. The standard InChI is InChI=1S/C32H44F3N5O5/c1-20(2)16-23(29(42)40-11-7-8-24(40)30(43)39-14-12-38(6)13-15-39)37-28(41)22-10-9-21(32(33,34)35)17-25(22)44-19-27-36-18-26(45-27)31(3,4)5/h9-10,17-18,20,23-24H,7-8,11-16,19H2,1-6H3,(H,37,41)/t23-,24-/m1/s1. The third-order valence-corrected chi connectivity index (χ3v) is 8.14. The molecule has 2 aliphatic rings. The molecule has 1 aromatic carbocycles. The van der Waals surface area contributed by atoms with E-state index in [4.69, 9.17) is 9.15 Å². The van der Waals surface area contributed by atoms with E-state index in [9.17, 15) is 27.6 Å². The van der Waals surface area contributed by atoms with Crippen LogP contribution in [0.15, 0.2) is 28.8 Å². The van der Waals surface area contributed by atoms with Crippen molar-refractivity contribution in [3.8, 4) is 5.75 Å². The summed E-state index contributed by atoms with van der Waals surface area (Å²) in [6.07, 6.45) is -1.67. The number of likely N-dealkylation sites (N-methyl/N-ethyl adjacent to an activating group) is 1. The summed E-state index contributed by atoms with van der Waals surface area (Å²) in [4.78, 5) is 50.6.